The molecule has 2 atom stereocenters. The van der Waals surface area contributed by atoms with Gasteiger partial charge in [0.1, 0.15) is 0 Å². The predicted octanol–water partition coefficient (Wildman–Crippen LogP) is 1.85. The summed E-state index contributed by atoms with van der Waals surface area (Å²) in [5.41, 5.74) is 1.74. The molecule has 0 unspecified atom stereocenters. The number of amides is 1. The molecule has 1 saturated heterocycles. The summed E-state index contributed by atoms with van der Waals surface area (Å²) < 4.78 is 43.7. The first kappa shape index (κ1) is 16.8. The van der Waals surface area contributed by atoms with Crippen molar-refractivity contribution in [3.8, 4) is 0 Å². The predicted molar refractivity (Wildman–Crippen MR) is 74.9 cm³/mol. The Hall–Kier alpha value is -1.60. The minimum absolute atomic E-state index is 0.0513. The maximum absolute atomic E-state index is 12.9. The molecule has 1 aliphatic rings. The van der Waals surface area contributed by atoms with Gasteiger partial charge in [-0.25, -0.2) is 0 Å². The van der Waals surface area contributed by atoms with Crippen molar-refractivity contribution in [2.24, 2.45) is 11.8 Å². The standard InChI is InChI=1S/C15H19F3N2O2/c1-22-9-11-5-3-2-4-10(11)6-20-14(21)12-7-19-8-13(12)15(16,17)18/h2-5,12-13,19H,6-9H2,1H3,(H,20,21)/t12-,13-/m1/s1. The quantitative estimate of drug-likeness (QED) is 0.872. The Morgan fingerprint density at radius 1 is 1.32 bits per heavy atom. The lowest BCUT2D eigenvalue weighted by Gasteiger charge is -2.21. The summed E-state index contributed by atoms with van der Waals surface area (Å²) in [6.07, 6.45) is -4.36. The van der Waals surface area contributed by atoms with Gasteiger partial charge in [0.25, 0.3) is 0 Å². The lowest BCUT2D eigenvalue weighted by molar-refractivity contribution is -0.182. The van der Waals surface area contributed by atoms with Gasteiger partial charge in [-0.05, 0) is 11.1 Å². The molecule has 122 valence electrons. The molecule has 2 rings (SSSR count). The first-order chi connectivity index (χ1) is 10.4. The van der Waals surface area contributed by atoms with Crippen LogP contribution < -0.4 is 10.6 Å². The molecular weight excluding hydrogens is 297 g/mol. The third-order valence-corrected chi connectivity index (χ3v) is 3.84. The van der Waals surface area contributed by atoms with Gasteiger partial charge in [0, 0.05) is 26.7 Å². The number of benzene rings is 1. The monoisotopic (exact) mass is 316 g/mol. The molecule has 1 fully saturated rings. The average Bonchev–Trinajstić information content (AvgIpc) is 2.96. The summed E-state index contributed by atoms with van der Waals surface area (Å²) in [4.78, 5) is 12.1. The van der Waals surface area contributed by atoms with Gasteiger partial charge in [-0.3, -0.25) is 4.79 Å². The third kappa shape index (κ3) is 3.98. The molecule has 0 saturated carbocycles. The van der Waals surface area contributed by atoms with Gasteiger partial charge in [-0.2, -0.15) is 13.2 Å². The first-order valence-electron chi connectivity index (χ1n) is 7.04. The topological polar surface area (TPSA) is 50.4 Å². The average molecular weight is 316 g/mol. The second-order valence-corrected chi connectivity index (χ2v) is 5.33. The number of ether oxygens (including phenoxy) is 1. The fourth-order valence-electron chi connectivity index (χ4n) is 2.64. The van der Waals surface area contributed by atoms with Crippen LogP contribution in [0.15, 0.2) is 24.3 Å². The van der Waals surface area contributed by atoms with E-state index in [1.165, 1.54) is 0 Å². The maximum Gasteiger partial charge on any atom is 0.393 e. The molecule has 0 aliphatic carbocycles. The lowest BCUT2D eigenvalue weighted by Crippen LogP contribution is -2.40. The Morgan fingerprint density at radius 2 is 2.00 bits per heavy atom. The molecule has 22 heavy (non-hydrogen) atoms. The number of carbonyl (C=O) groups is 1. The van der Waals surface area contributed by atoms with E-state index in [0.717, 1.165) is 11.1 Å². The zero-order valence-electron chi connectivity index (χ0n) is 12.2. The fourth-order valence-corrected chi connectivity index (χ4v) is 2.64. The molecule has 7 heteroatoms. The Bertz CT molecular complexity index is 520. The molecule has 1 amide bonds. The third-order valence-electron chi connectivity index (χ3n) is 3.84. The van der Waals surface area contributed by atoms with Crippen LogP contribution in [-0.2, 0) is 22.7 Å². The zero-order valence-corrected chi connectivity index (χ0v) is 12.2. The fraction of sp³-hybridized carbons (Fsp3) is 0.533. The second-order valence-electron chi connectivity index (χ2n) is 5.33. The molecule has 1 heterocycles. The smallest absolute Gasteiger partial charge is 0.380 e. The number of hydrogen-bond donors (Lipinski definition) is 2. The Balaban J connectivity index is 1.98. The highest BCUT2D eigenvalue weighted by molar-refractivity contribution is 5.79. The summed E-state index contributed by atoms with van der Waals surface area (Å²) in [6.45, 7) is 0.430. The molecule has 0 radical (unpaired) electrons. The highest BCUT2D eigenvalue weighted by Crippen LogP contribution is 2.34. The lowest BCUT2D eigenvalue weighted by atomic mass is 9.94. The van der Waals surface area contributed by atoms with Crippen molar-refractivity contribution in [3.05, 3.63) is 35.4 Å². The molecule has 4 nitrogen and oxygen atoms in total. The first-order valence-corrected chi connectivity index (χ1v) is 7.04. The number of nitrogens with one attached hydrogen (secondary N) is 2. The van der Waals surface area contributed by atoms with Crippen LogP contribution in [-0.4, -0.2) is 32.3 Å². The summed E-state index contributed by atoms with van der Waals surface area (Å²) in [5, 5.41) is 5.25. The Kier molecular flexibility index (Phi) is 5.42. The van der Waals surface area contributed by atoms with Crippen LogP contribution >= 0.6 is 0 Å². The van der Waals surface area contributed by atoms with Crippen molar-refractivity contribution in [2.45, 2.75) is 19.3 Å². The molecule has 0 spiro atoms. The second kappa shape index (κ2) is 7.11. The molecule has 1 aromatic rings. The normalized spacial score (nSPS) is 21.8. The van der Waals surface area contributed by atoms with Crippen LogP contribution in [0.2, 0.25) is 0 Å². The van der Waals surface area contributed by atoms with Crippen molar-refractivity contribution < 1.29 is 22.7 Å². The highest BCUT2D eigenvalue weighted by atomic mass is 19.4. The van der Waals surface area contributed by atoms with E-state index >= 15 is 0 Å². The van der Waals surface area contributed by atoms with Crippen molar-refractivity contribution >= 4 is 5.91 Å². The maximum atomic E-state index is 12.9. The number of hydrogen-bond acceptors (Lipinski definition) is 3. The molecule has 2 N–H and O–H groups in total. The zero-order chi connectivity index (χ0) is 16.2. The van der Waals surface area contributed by atoms with Crippen LogP contribution in [0.25, 0.3) is 0 Å². The number of methoxy groups -OCH3 is 1. The molecular formula is C15H19F3N2O2. The van der Waals surface area contributed by atoms with E-state index in [2.05, 4.69) is 10.6 Å². The van der Waals surface area contributed by atoms with Crippen molar-refractivity contribution in [1.82, 2.24) is 10.6 Å². The largest absolute Gasteiger partial charge is 0.393 e. The van der Waals surface area contributed by atoms with E-state index in [9.17, 15) is 18.0 Å². The van der Waals surface area contributed by atoms with Gasteiger partial charge >= 0.3 is 6.18 Å². The van der Waals surface area contributed by atoms with E-state index in [0.29, 0.717) is 6.61 Å². The summed E-state index contributed by atoms with van der Waals surface area (Å²) in [6, 6.07) is 7.35. The van der Waals surface area contributed by atoms with Gasteiger partial charge in [0.2, 0.25) is 5.91 Å². The number of alkyl halides is 3. The van der Waals surface area contributed by atoms with Crippen LogP contribution in [0.4, 0.5) is 13.2 Å². The van der Waals surface area contributed by atoms with Crippen LogP contribution in [0.5, 0.6) is 0 Å². The summed E-state index contributed by atoms with van der Waals surface area (Å²) in [5.74, 6) is -3.27. The number of rotatable bonds is 5. The van der Waals surface area contributed by atoms with Crippen molar-refractivity contribution in [1.29, 1.82) is 0 Å². The minimum atomic E-state index is -4.36. The number of halogens is 3. The van der Waals surface area contributed by atoms with Crippen LogP contribution in [0.1, 0.15) is 11.1 Å². The van der Waals surface area contributed by atoms with Gasteiger partial charge in [0.05, 0.1) is 18.4 Å². The Morgan fingerprint density at radius 3 is 2.64 bits per heavy atom. The number of carbonyl (C=O) groups excluding carboxylic acids is 1. The van der Waals surface area contributed by atoms with E-state index in [1.807, 2.05) is 24.3 Å². The van der Waals surface area contributed by atoms with E-state index in [-0.39, 0.29) is 19.6 Å². The SMILES string of the molecule is COCc1ccccc1CNC(=O)[C@@H]1CNC[C@H]1C(F)(F)F. The van der Waals surface area contributed by atoms with Gasteiger partial charge in [-0.1, -0.05) is 24.3 Å². The van der Waals surface area contributed by atoms with Gasteiger partial charge < -0.3 is 15.4 Å². The summed E-state index contributed by atoms with van der Waals surface area (Å²) >= 11 is 0. The Labute approximate surface area is 127 Å². The van der Waals surface area contributed by atoms with Gasteiger partial charge in [-0.15, -0.1) is 0 Å². The van der Waals surface area contributed by atoms with Crippen LogP contribution in [0, 0.1) is 11.8 Å². The van der Waals surface area contributed by atoms with Gasteiger partial charge in [0.15, 0.2) is 0 Å². The van der Waals surface area contributed by atoms with E-state index < -0.39 is 23.9 Å². The molecule has 1 aromatic carbocycles. The van der Waals surface area contributed by atoms with Crippen LogP contribution in [0.3, 0.4) is 0 Å². The highest BCUT2D eigenvalue weighted by Gasteiger charge is 2.49. The summed E-state index contributed by atoms with van der Waals surface area (Å²) in [7, 11) is 1.56. The molecule has 1 aliphatic heterocycles. The van der Waals surface area contributed by atoms with Crippen molar-refractivity contribution in [2.75, 3.05) is 20.2 Å². The van der Waals surface area contributed by atoms with E-state index in [1.54, 1.807) is 7.11 Å². The minimum Gasteiger partial charge on any atom is -0.380 e. The molecule has 0 bridgehead atoms. The van der Waals surface area contributed by atoms with E-state index in [4.69, 9.17) is 4.74 Å². The van der Waals surface area contributed by atoms with Crippen molar-refractivity contribution in [3.63, 3.8) is 0 Å². The molecule has 0 aromatic heterocycles.